The summed E-state index contributed by atoms with van der Waals surface area (Å²) in [6.45, 7) is 4.55. The van der Waals surface area contributed by atoms with Crippen molar-refractivity contribution in [2.45, 2.75) is 206 Å². The van der Waals surface area contributed by atoms with Gasteiger partial charge in [0, 0.05) is 12.8 Å². The molecule has 0 aliphatic heterocycles. The number of allylic oxidation sites excluding steroid dienone is 20. The summed E-state index contributed by atoms with van der Waals surface area (Å²) in [6, 6.07) is 0. The Kier molecular flexibility index (Phi) is 48.9. The molecule has 0 rings (SSSR count). The maximum Gasteiger partial charge on any atom is 0.306 e. The third-order valence-corrected chi connectivity index (χ3v) is 11.2. The quantitative estimate of drug-likeness (QED) is 0.0195. The highest BCUT2D eigenvalue weighted by Crippen LogP contribution is 2.13. The number of ether oxygens (including phenoxy) is 4. The first kappa shape index (κ1) is 66.7. The number of nitrogens with zero attached hydrogens (tertiary/aromatic N) is 1. The molecule has 0 saturated carbocycles. The zero-order chi connectivity index (χ0) is 52.0. The predicted molar refractivity (Wildman–Crippen MR) is 296 cm³/mol. The van der Waals surface area contributed by atoms with Gasteiger partial charge in [0.15, 0.2) is 12.4 Å². The van der Waals surface area contributed by atoms with E-state index in [0.29, 0.717) is 17.4 Å². The lowest BCUT2D eigenvalue weighted by Gasteiger charge is -2.26. The molecule has 0 aliphatic rings. The normalized spacial score (nSPS) is 13.8. The number of carbonyl (C=O) groups excluding carboxylic acids is 3. The number of carboxylic acids is 1. The molecule has 0 spiro atoms. The highest BCUT2D eigenvalue weighted by molar-refractivity contribution is 5.70. The Balaban J connectivity index is 4.31. The zero-order valence-electron chi connectivity index (χ0n) is 45.5. The summed E-state index contributed by atoms with van der Waals surface area (Å²) in [4.78, 5) is 37.1. The molecular weight excluding hydrogens is 887 g/mol. The molecule has 402 valence electrons. The number of likely N-dealkylation sites (N-methyl/N-ethyl adjacent to an activating group) is 1. The second-order valence-electron chi connectivity index (χ2n) is 19.1. The summed E-state index contributed by atoms with van der Waals surface area (Å²) in [5.41, 5.74) is 0. The Bertz CT molecular complexity index is 1570. The first-order valence-corrected chi connectivity index (χ1v) is 27.7. The van der Waals surface area contributed by atoms with Crippen molar-refractivity contribution < 1.29 is 42.9 Å². The van der Waals surface area contributed by atoms with E-state index in [9.17, 15) is 19.5 Å². The van der Waals surface area contributed by atoms with Crippen LogP contribution in [0.15, 0.2) is 122 Å². The fourth-order valence-electron chi connectivity index (χ4n) is 6.93. The van der Waals surface area contributed by atoms with Gasteiger partial charge in [-0.1, -0.05) is 193 Å². The Morgan fingerprint density at radius 3 is 1.21 bits per heavy atom. The van der Waals surface area contributed by atoms with Crippen molar-refractivity contribution >= 4 is 17.9 Å². The molecule has 0 aromatic rings. The first-order chi connectivity index (χ1) is 34.6. The van der Waals surface area contributed by atoms with Gasteiger partial charge in [0.2, 0.25) is 0 Å². The number of esters is 2. The molecule has 0 saturated heterocycles. The van der Waals surface area contributed by atoms with Crippen LogP contribution < -0.4 is 5.11 Å². The highest BCUT2D eigenvalue weighted by Gasteiger charge is 2.22. The number of carbonyl (C=O) groups is 3. The Morgan fingerprint density at radius 2 is 0.803 bits per heavy atom. The molecule has 0 N–H and O–H groups in total. The number of unbranched alkanes of at least 4 members (excludes halogenated alkanes) is 14. The maximum atomic E-state index is 12.8. The van der Waals surface area contributed by atoms with E-state index in [-0.39, 0.29) is 38.6 Å². The van der Waals surface area contributed by atoms with E-state index in [4.69, 9.17) is 18.9 Å². The van der Waals surface area contributed by atoms with Gasteiger partial charge in [-0.25, -0.2) is 0 Å². The van der Waals surface area contributed by atoms with Crippen molar-refractivity contribution in [3.63, 3.8) is 0 Å². The molecule has 0 aromatic carbocycles. The Hall–Kier alpha value is -4.31. The van der Waals surface area contributed by atoms with Gasteiger partial charge in [0.1, 0.15) is 13.2 Å². The molecule has 0 fully saturated rings. The maximum absolute atomic E-state index is 12.8. The molecule has 0 aliphatic carbocycles. The summed E-state index contributed by atoms with van der Waals surface area (Å²) in [6.07, 6.45) is 69.6. The van der Waals surface area contributed by atoms with Crippen LogP contribution in [0.5, 0.6) is 0 Å². The van der Waals surface area contributed by atoms with Crippen LogP contribution in [0.4, 0.5) is 0 Å². The predicted octanol–water partition coefficient (Wildman–Crippen LogP) is 14.8. The van der Waals surface area contributed by atoms with Crippen molar-refractivity contribution in [2.24, 2.45) is 0 Å². The summed E-state index contributed by atoms with van der Waals surface area (Å²) in [5, 5.41) is 11.7. The summed E-state index contributed by atoms with van der Waals surface area (Å²) in [7, 11) is 5.89. The van der Waals surface area contributed by atoms with Gasteiger partial charge in [0.05, 0.1) is 40.3 Å². The van der Waals surface area contributed by atoms with E-state index in [0.717, 1.165) is 128 Å². The van der Waals surface area contributed by atoms with Crippen molar-refractivity contribution in [3.8, 4) is 0 Å². The van der Waals surface area contributed by atoms with Gasteiger partial charge >= 0.3 is 11.9 Å². The van der Waals surface area contributed by atoms with Crippen LogP contribution in [0.2, 0.25) is 0 Å². The number of hydrogen-bond donors (Lipinski definition) is 0. The van der Waals surface area contributed by atoms with E-state index < -0.39 is 24.3 Å². The Morgan fingerprint density at radius 1 is 0.437 bits per heavy atom. The fraction of sp³-hybridized carbons (Fsp3) is 0.629. The van der Waals surface area contributed by atoms with Gasteiger partial charge in [-0.2, -0.15) is 0 Å². The molecular formula is C62H101NO8. The molecule has 71 heavy (non-hydrogen) atoms. The van der Waals surface area contributed by atoms with Gasteiger partial charge in [-0.05, 0) is 109 Å². The topological polar surface area (TPSA) is 111 Å². The number of hydrogen-bond acceptors (Lipinski definition) is 8. The van der Waals surface area contributed by atoms with Gasteiger partial charge < -0.3 is 33.3 Å². The van der Waals surface area contributed by atoms with Crippen LogP contribution >= 0.6 is 0 Å². The van der Waals surface area contributed by atoms with Crippen LogP contribution in [0.25, 0.3) is 0 Å². The van der Waals surface area contributed by atoms with Crippen molar-refractivity contribution in [3.05, 3.63) is 122 Å². The van der Waals surface area contributed by atoms with Crippen LogP contribution in [-0.4, -0.2) is 82.3 Å². The molecule has 2 atom stereocenters. The van der Waals surface area contributed by atoms with E-state index >= 15 is 0 Å². The van der Waals surface area contributed by atoms with E-state index in [1.54, 1.807) is 0 Å². The molecule has 9 heteroatoms. The lowest BCUT2D eigenvalue weighted by atomic mass is 10.1. The highest BCUT2D eigenvalue weighted by atomic mass is 16.7. The van der Waals surface area contributed by atoms with E-state index in [1.165, 1.54) is 32.1 Å². The molecule has 0 amide bonds. The van der Waals surface area contributed by atoms with Crippen molar-refractivity contribution in [1.82, 2.24) is 0 Å². The minimum Gasteiger partial charge on any atom is -0.545 e. The zero-order valence-corrected chi connectivity index (χ0v) is 45.5. The number of carboxylic acid groups (broad SMARTS) is 1. The van der Waals surface area contributed by atoms with E-state index in [1.807, 2.05) is 21.1 Å². The lowest BCUT2D eigenvalue weighted by molar-refractivity contribution is -0.870. The average molecular weight is 988 g/mol. The van der Waals surface area contributed by atoms with Gasteiger partial charge in [0.25, 0.3) is 0 Å². The minimum atomic E-state index is -1.64. The Labute approximate surface area is 434 Å². The summed E-state index contributed by atoms with van der Waals surface area (Å²) in [5.74, 6) is -2.34. The van der Waals surface area contributed by atoms with Crippen LogP contribution in [0.3, 0.4) is 0 Å². The van der Waals surface area contributed by atoms with Gasteiger partial charge in [-0.15, -0.1) is 0 Å². The molecule has 2 unspecified atom stereocenters. The smallest absolute Gasteiger partial charge is 0.306 e. The van der Waals surface area contributed by atoms with Crippen LogP contribution in [0, 0.1) is 0 Å². The van der Waals surface area contributed by atoms with Crippen molar-refractivity contribution in [2.75, 3.05) is 47.5 Å². The lowest BCUT2D eigenvalue weighted by Crippen LogP contribution is -2.44. The average Bonchev–Trinajstić information content (AvgIpc) is 3.34. The minimum absolute atomic E-state index is 0.136. The standard InChI is InChI=1S/C62H101NO8/c1-6-8-10-12-14-16-18-20-21-22-23-24-25-26-27-28-29-30-31-32-33-34-35-36-37-38-39-41-43-45-47-49-51-53-60(65)71-58(57-70-62(61(66)67)68-55-54-63(3,4)5)56-69-59(64)52-50-48-46-44-42-40-19-17-15-13-11-9-7-2/h8,10,14,16-17,19-21,23-24,26-27,29-30,32-33,35-36,38-39,58,62H,6-7,9,11-13,15,18,22,25,28,31,34,37,40-57H2,1-5H3/b10-8-,16-14-,19-17-,21-20-,24-23-,27-26-,30-29-,33-32-,36-35-,39-38-. The number of rotatable bonds is 49. The monoisotopic (exact) mass is 988 g/mol. The van der Waals surface area contributed by atoms with E-state index in [2.05, 4.69) is 135 Å². The van der Waals surface area contributed by atoms with Crippen LogP contribution in [-0.2, 0) is 33.3 Å². The third kappa shape index (κ3) is 53.3. The summed E-state index contributed by atoms with van der Waals surface area (Å²) >= 11 is 0. The second kappa shape index (κ2) is 52.0. The molecule has 0 radical (unpaired) electrons. The largest absolute Gasteiger partial charge is 0.545 e. The van der Waals surface area contributed by atoms with Gasteiger partial charge in [-0.3, -0.25) is 9.59 Å². The third-order valence-electron chi connectivity index (χ3n) is 11.2. The molecule has 0 heterocycles. The first-order valence-electron chi connectivity index (χ1n) is 27.7. The SMILES string of the molecule is CC/C=C\C/C=C\C/C=C\C/C=C\C/C=C\C/C=C\C/C=C\C/C=C\C/C=C\CCCCCCCC(=O)OC(COC(=O)CCCCCCC/C=C\CCCCCC)COC(OCC[N+](C)(C)C)C(=O)[O-]. The molecule has 0 bridgehead atoms. The summed E-state index contributed by atoms with van der Waals surface area (Å²) < 4.78 is 22.6. The van der Waals surface area contributed by atoms with Crippen LogP contribution in [0.1, 0.15) is 194 Å². The second-order valence-corrected chi connectivity index (χ2v) is 19.1. The number of aliphatic carboxylic acids is 1. The number of quaternary nitrogens is 1. The van der Waals surface area contributed by atoms with Crippen molar-refractivity contribution in [1.29, 1.82) is 0 Å². The molecule has 0 aromatic heterocycles. The molecule has 9 nitrogen and oxygen atoms in total. The fourth-order valence-corrected chi connectivity index (χ4v) is 6.93.